The molecule has 76 valence electrons. The second-order valence-electron chi connectivity index (χ2n) is 3.64. The van der Waals surface area contributed by atoms with Gasteiger partial charge in [0.25, 0.3) is 0 Å². The van der Waals surface area contributed by atoms with E-state index in [2.05, 4.69) is 5.32 Å². The van der Waals surface area contributed by atoms with Crippen LogP contribution < -0.4 is 5.32 Å². The van der Waals surface area contributed by atoms with Crippen LogP contribution in [0.3, 0.4) is 0 Å². The molecular formula is C11H14FNO. The maximum absolute atomic E-state index is 13.3. The second-order valence-corrected chi connectivity index (χ2v) is 3.64. The van der Waals surface area contributed by atoms with Gasteiger partial charge in [0.05, 0.1) is 19.3 Å². The Morgan fingerprint density at radius 2 is 2.14 bits per heavy atom. The summed E-state index contributed by atoms with van der Waals surface area (Å²) in [4.78, 5) is 0. The van der Waals surface area contributed by atoms with Crippen LogP contribution in [0.15, 0.2) is 24.3 Å². The molecule has 0 aromatic heterocycles. The Labute approximate surface area is 83.1 Å². The highest BCUT2D eigenvalue weighted by molar-refractivity contribution is 5.20. The molecule has 1 heterocycles. The molecular weight excluding hydrogens is 181 g/mol. The fourth-order valence-electron chi connectivity index (χ4n) is 1.60. The average Bonchev–Trinajstić information content (AvgIpc) is 2.12. The maximum Gasteiger partial charge on any atom is 0.127 e. The van der Waals surface area contributed by atoms with E-state index in [1.807, 2.05) is 19.1 Å². The minimum absolute atomic E-state index is 0.0464. The Kier molecular flexibility index (Phi) is 2.79. The molecule has 0 unspecified atom stereocenters. The average molecular weight is 195 g/mol. The smallest absolute Gasteiger partial charge is 0.127 e. The molecule has 0 spiro atoms. The first-order valence-corrected chi connectivity index (χ1v) is 4.85. The minimum atomic E-state index is -0.146. The molecule has 1 aliphatic heterocycles. The van der Waals surface area contributed by atoms with Gasteiger partial charge in [0.2, 0.25) is 0 Å². The van der Waals surface area contributed by atoms with Crippen LogP contribution in [0.1, 0.15) is 18.5 Å². The van der Waals surface area contributed by atoms with Crippen LogP contribution in [0, 0.1) is 5.82 Å². The lowest BCUT2D eigenvalue weighted by Gasteiger charge is -2.30. The van der Waals surface area contributed by atoms with Crippen LogP contribution in [0.25, 0.3) is 0 Å². The van der Waals surface area contributed by atoms with Crippen molar-refractivity contribution < 1.29 is 9.13 Å². The first-order valence-electron chi connectivity index (χ1n) is 4.85. The van der Waals surface area contributed by atoms with Gasteiger partial charge in [-0.3, -0.25) is 0 Å². The number of benzene rings is 1. The van der Waals surface area contributed by atoms with Gasteiger partial charge in [0.1, 0.15) is 5.82 Å². The second kappa shape index (κ2) is 4.07. The summed E-state index contributed by atoms with van der Waals surface area (Å²) in [6, 6.07) is 7.29. The van der Waals surface area contributed by atoms with Crippen molar-refractivity contribution in [3.8, 4) is 0 Å². The summed E-state index contributed by atoms with van der Waals surface area (Å²) in [7, 11) is 0. The number of hydrogen-bond donors (Lipinski definition) is 1. The highest BCUT2D eigenvalue weighted by Gasteiger charge is 2.21. The van der Waals surface area contributed by atoms with E-state index in [4.69, 9.17) is 4.74 Å². The van der Waals surface area contributed by atoms with Crippen molar-refractivity contribution in [1.82, 2.24) is 5.32 Å². The first-order chi connectivity index (χ1) is 6.77. The fourth-order valence-corrected chi connectivity index (χ4v) is 1.60. The van der Waals surface area contributed by atoms with E-state index in [1.54, 1.807) is 6.07 Å². The lowest BCUT2D eigenvalue weighted by atomic mass is 10.1. The predicted octanol–water partition coefficient (Wildman–Crippen LogP) is 1.88. The quantitative estimate of drug-likeness (QED) is 0.795. The number of rotatable bonds is 3. The van der Waals surface area contributed by atoms with Gasteiger partial charge >= 0.3 is 0 Å². The van der Waals surface area contributed by atoms with Crippen molar-refractivity contribution in [3.63, 3.8) is 0 Å². The molecule has 1 atom stereocenters. The van der Waals surface area contributed by atoms with Gasteiger partial charge in [-0.15, -0.1) is 0 Å². The largest absolute Gasteiger partial charge is 0.378 e. The normalized spacial score (nSPS) is 19.0. The van der Waals surface area contributed by atoms with Gasteiger partial charge in [-0.25, -0.2) is 4.39 Å². The van der Waals surface area contributed by atoms with Crippen molar-refractivity contribution in [3.05, 3.63) is 35.6 Å². The molecule has 0 bridgehead atoms. The van der Waals surface area contributed by atoms with E-state index in [9.17, 15) is 4.39 Å². The topological polar surface area (TPSA) is 21.3 Å². The summed E-state index contributed by atoms with van der Waals surface area (Å²) in [6.07, 6.45) is 0. The Balaban J connectivity index is 2.02. The van der Waals surface area contributed by atoms with Crippen molar-refractivity contribution in [2.24, 2.45) is 0 Å². The number of halogens is 1. The SMILES string of the molecule is C[C@@H](NC1COC1)c1ccccc1F. The first kappa shape index (κ1) is 9.62. The summed E-state index contributed by atoms with van der Waals surface area (Å²) in [5.74, 6) is -0.146. The molecule has 14 heavy (non-hydrogen) atoms. The molecule has 2 nitrogen and oxygen atoms in total. The summed E-state index contributed by atoms with van der Waals surface area (Å²) in [6.45, 7) is 3.44. The van der Waals surface area contributed by atoms with E-state index in [0.717, 1.165) is 18.8 Å². The van der Waals surface area contributed by atoms with Gasteiger partial charge in [-0.1, -0.05) is 18.2 Å². The number of nitrogens with one attached hydrogen (secondary N) is 1. The molecule has 0 amide bonds. The summed E-state index contributed by atoms with van der Waals surface area (Å²) < 4.78 is 18.4. The zero-order valence-corrected chi connectivity index (χ0v) is 8.16. The standard InChI is InChI=1S/C11H14FNO/c1-8(13-9-6-14-7-9)10-4-2-3-5-11(10)12/h2-5,8-9,13H,6-7H2,1H3/t8-/m1/s1. The van der Waals surface area contributed by atoms with Crippen molar-refractivity contribution in [1.29, 1.82) is 0 Å². The molecule has 0 saturated carbocycles. The van der Waals surface area contributed by atoms with Crippen molar-refractivity contribution >= 4 is 0 Å². The zero-order valence-electron chi connectivity index (χ0n) is 8.16. The summed E-state index contributed by atoms with van der Waals surface area (Å²) >= 11 is 0. The number of ether oxygens (including phenoxy) is 1. The molecule has 1 saturated heterocycles. The van der Waals surface area contributed by atoms with Crippen LogP contribution in [0.2, 0.25) is 0 Å². The van der Waals surface area contributed by atoms with Gasteiger partial charge in [-0.05, 0) is 13.0 Å². The van der Waals surface area contributed by atoms with E-state index in [1.165, 1.54) is 6.07 Å². The highest BCUT2D eigenvalue weighted by Crippen LogP contribution is 2.17. The van der Waals surface area contributed by atoms with Gasteiger partial charge in [-0.2, -0.15) is 0 Å². The third kappa shape index (κ3) is 1.94. The molecule has 3 heteroatoms. The Morgan fingerprint density at radius 1 is 1.43 bits per heavy atom. The number of hydrogen-bond acceptors (Lipinski definition) is 2. The third-order valence-electron chi connectivity index (χ3n) is 2.50. The maximum atomic E-state index is 13.3. The third-order valence-corrected chi connectivity index (χ3v) is 2.50. The van der Waals surface area contributed by atoms with E-state index < -0.39 is 0 Å². The van der Waals surface area contributed by atoms with Crippen molar-refractivity contribution in [2.45, 2.75) is 19.0 Å². The van der Waals surface area contributed by atoms with Crippen LogP contribution in [0.4, 0.5) is 4.39 Å². The fraction of sp³-hybridized carbons (Fsp3) is 0.455. The highest BCUT2D eigenvalue weighted by atomic mass is 19.1. The molecule has 0 radical (unpaired) electrons. The molecule has 1 N–H and O–H groups in total. The molecule has 0 aliphatic carbocycles. The Morgan fingerprint density at radius 3 is 2.71 bits per heavy atom. The van der Waals surface area contributed by atoms with Crippen molar-refractivity contribution in [2.75, 3.05) is 13.2 Å². The molecule has 1 aromatic rings. The van der Waals surface area contributed by atoms with E-state index in [0.29, 0.717) is 6.04 Å². The molecule has 1 aromatic carbocycles. The van der Waals surface area contributed by atoms with Crippen LogP contribution in [-0.2, 0) is 4.74 Å². The Hall–Kier alpha value is -0.930. The Bertz CT molecular complexity index is 312. The monoisotopic (exact) mass is 195 g/mol. The lowest BCUT2D eigenvalue weighted by molar-refractivity contribution is -0.00940. The van der Waals surface area contributed by atoms with Crippen LogP contribution in [-0.4, -0.2) is 19.3 Å². The zero-order chi connectivity index (χ0) is 9.97. The van der Waals surface area contributed by atoms with Gasteiger partial charge < -0.3 is 10.1 Å². The van der Waals surface area contributed by atoms with E-state index >= 15 is 0 Å². The molecule has 1 fully saturated rings. The lowest BCUT2D eigenvalue weighted by Crippen LogP contribution is -2.46. The van der Waals surface area contributed by atoms with Gasteiger partial charge in [0, 0.05) is 11.6 Å². The molecule has 2 rings (SSSR count). The molecule has 1 aliphatic rings. The van der Waals surface area contributed by atoms with Crippen LogP contribution >= 0.6 is 0 Å². The summed E-state index contributed by atoms with van der Waals surface area (Å²) in [5, 5.41) is 3.31. The van der Waals surface area contributed by atoms with E-state index in [-0.39, 0.29) is 11.9 Å². The minimum Gasteiger partial charge on any atom is -0.378 e. The van der Waals surface area contributed by atoms with Crippen LogP contribution in [0.5, 0.6) is 0 Å². The predicted molar refractivity (Wildman–Crippen MR) is 52.6 cm³/mol. The van der Waals surface area contributed by atoms with Gasteiger partial charge in [0.15, 0.2) is 0 Å². The summed E-state index contributed by atoms with van der Waals surface area (Å²) in [5.41, 5.74) is 0.722.